The van der Waals surface area contributed by atoms with Gasteiger partial charge in [-0.05, 0) is 44.6 Å². The monoisotopic (exact) mass is 357 g/mol. The van der Waals surface area contributed by atoms with Crippen LogP contribution in [0.25, 0.3) is 0 Å². The lowest BCUT2D eigenvalue weighted by Gasteiger charge is -2.22. The molecular formula is C18H27N7O. The Morgan fingerprint density at radius 3 is 2.81 bits per heavy atom. The Balaban J connectivity index is 1.45. The third-order valence-corrected chi connectivity index (χ3v) is 4.93. The highest BCUT2D eigenvalue weighted by Crippen LogP contribution is 2.42. The van der Waals surface area contributed by atoms with E-state index in [2.05, 4.69) is 20.7 Å². The smallest absolute Gasteiger partial charge is 0.229 e. The summed E-state index contributed by atoms with van der Waals surface area (Å²) in [5.74, 6) is 2.12. The normalized spacial score (nSPS) is 18.0. The number of rotatable bonds is 8. The van der Waals surface area contributed by atoms with Crippen LogP contribution in [0.2, 0.25) is 0 Å². The zero-order chi connectivity index (χ0) is 17.8. The predicted molar refractivity (Wildman–Crippen MR) is 101 cm³/mol. The first-order valence-electron chi connectivity index (χ1n) is 9.53. The Morgan fingerprint density at radius 1 is 1.19 bits per heavy atom. The highest BCUT2D eigenvalue weighted by Gasteiger charge is 2.27. The fourth-order valence-electron chi connectivity index (χ4n) is 3.28. The van der Waals surface area contributed by atoms with E-state index in [0.29, 0.717) is 24.5 Å². The number of nitrogens with zero attached hydrogens (tertiary/aromatic N) is 4. The van der Waals surface area contributed by atoms with E-state index in [1.165, 1.54) is 18.4 Å². The van der Waals surface area contributed by atoms with Crippen LogP contribution in [0.1, 0.15) is 49.6 Å². The average Bonchev–Trinajstić information content (AvgIpc) is 3.41. The van der Waals surface area contributed by atoms with Crippen LogP contribution in [0.3, 0.4) is 0 Å². The zero-order valence-electron chi connectivity index (χ0n) is 15.0. The minimum atomic E-state index is 0.408. The van der Waals surface area contributed by atoms with Crippen molar-refractivity contribution in [1.82, 2.24) is 19.7 Å². The van der Waals surface area contributed by atoms with Crippen molar-refractivity contribution in [2.45, 2.75) is 44.1 Å². The molecule has 0 amide bonds. The van der Waals surface area contributed by atoms with Gasteiger partial charge in [0.25, 0.3) is 0 Å². The van der Waals surface area contributed by atoms with E-state index in [-0.39, 0.29) is 0 Å². The van der Waals surface area contributed by atoms with Crippen molar-refractivity contribution in [2.24, 2.45) is 5.73 Å². The van der Waals surface area contributed by atoms with E-state index >= 15 is 0 Å². The average molecular weight is 357 g/mol. The lowest BCUT2D eigenvalue weighted by molar-refractivity contribution is 0.0662. The largest absolute Gasteiger partial charge is 0.381 e. The molecule has 2 aliphatic rings. The summed E-state index contributed by atoms with van der Waals surface area (Å²) in [7, 11) is 0. The van der Waals surface area contributed by atoms with Crippen LogP contribution in [0.4, 0.5) is 17.5 Å². The minimum absolute atomic E-state index is 0.408. The first-order chi connectivity index (χ1) is 12.8. The van der Waals surface area contributed by atoms with Crippen molar-refractivity contribution in [1.29, 1.82) is 0 Å². The molecule has 0 atom stereocenters. The standard InChI is InChI=1S/C18H27N7O/c19-6-1-7-20-17-16(13-2-3-13)11-21-18(24-17)23-14-10-22-25(12-14)15-4-8-26-9-5-15/h10-13,15H,1-9,19H2,(H2,20,21,23,24). The maximum absolute atomic E-state index is 5.60. The molecular weight excluding hydrogens is 330 g/mol. The summed E-state index contributed by atoms with van der Waals surface area (Å²) in [6.07, 6.45) is 11.2. The summed E-state index contributed by atoms with van der Waals surface area (Å²) in [6, 6.07) is 0.408. The Bertz CT molecular complexity index is 722. The molecule has 140 valence electrons. The van der Waals surface area contributed by atoms with E-state index < -0.39 is 0 Å². The van der Waals surface area contributed by atoms with Crippen LogP contribution >= 0.6 is 0 Å². The Kier molecular flexibility index (Phi) is 5.31. The van der Waals surface area contributed by atoms with Gasteiger partial charge in [-0.1, -0.05) is 0 Å². The lowest BCUT2D eigenvalue weighted by atomic mass is 10.1. The van der Waals surface area contributed by atoms with Crippen molar-refractivity contribution in [3.05, 3.63) is 24.2 Å². The molecule has 2 aromatic heterocycles. The second kappa shape index (κ2) is 8.01. The quantitative estimate of drug-likeness (QED) is 0.623. The second-order valence-electron chi connectivity index (χ2n) is 7.02. The van der Waals surface area contributed by atoms with Gasteiger partial charge >= 0.3 is 0 Å². The molecule has 0 spiro atoms. The van der Waals surface area contributed by atoms with Crippen LogP contribution in [0, 0.1) is 0 Å². The van der Waals surface area contributed by atoms with Crippen LogP contribution < -0.4 is 16.4 Å². The Morgan fingerprint density at radius 2 is 2.04 bits per heavy atom. The van der Waals surface area contributed by atoms with Gasteiger partial charge < -0.3 is 21.1 Å². The summed E-state index contributed by atoms with van der Waals surface area (Å²) < 4.78 is 7.44. The van der Waals surface area contributed by atoms with Gasteiger partial charge in [-0.3, -0.25) is 4.68 Å². The number of aromatic nitrogens is 4. The number of hydrogen-bond donors (Lipinski definition) is 3. The maximum atomic E-state index is 5.60. The van der Waals surface area contributed by atoms with E-state index in [1.807, 2.05) is 23.3 Å². The zero-order valence-corrected chi connectivity index (χ0v) is 15.0. The fraction of sp³-hybridized carbons (Fsp3) is 0.611. The summed E-state index contributed by atoms with van der Waals surface area (Å²) in [5.41, 5.74) is 7.72. The van der Waals surface area contributed by atoms with Crippen molar-refractivity contribution in [3.8, 4) is 0 Å². The van der Waals surface area contributed by atoms with E-state index in [0.717, 1.165) is 50.5 Å². The molecule has 8 heteroatoms. The molecule has 0 unspecified atom stereocenters. The van der Waals surface area contributed by atoms with Gasteiger partial charge in [-0.2, -0.15) is 10.1 Å². The van der Waals surface area contributed by atoms with Gasteiger partial charge in [-0.25, -0.2) is 4.98 Å². The summed E-state index contributed by atoms with van der Waals surface area (Å²) in [5, 5.41) is 11.2. The van der Waals surface area contributed by atoms with E-state index in [1.54, 1.807) is 0 Å². The van der Waals surface area contributed by atoms with Gasteiger partial charge in [0.1, 0.15) is 5.82 Å². The minimum Gasteiger partial charge on any atom is -0.381 e. The van der Waals surface area contributed by atoms with E-state index in [9.17, 15) is 0 Å². The molecule has 4 N–H and O–H groups in total. The first-order valence-corrected chi connectivity index (χ1v) is 9.53. The molecule has 3 heterocycles. The molecule has 1 aliphatic heterocycles. The maximum Gasteiger partial charge on any atom is 0.229 e. The SMILES string of the molecule is NCCCNc1nc(Nc2cnn(C3CCOCC3)c2)ncc1C1CC1. The third-order valence-electron chi connectivity index (χ3n) is 4.93. The van der Waals surface area contributed by atoms with Gasteiger partial charge in [0.15, 0.2) is 0 Å². The summed E-state index contributed by atoms with van der Waals surface area (Å²) >= 11 is 0. The van der Waals surface area contributed by atoms with Crippen molar-refractivity contribution in [3.63, 3.8) is 0 Å². The van der Waals surface area contributed by atoms with Crippen LogP contribution in [-0.2, 0) is 4.74 Å². The predicted octanol–water partition coefficient (Wildman–Crippen LogP) is 2.41. The van der Waals surface area contributed by atoms with Crippen molar-refractivity contribution in [2.75, 3.05) is 36.9 Å². The van der Waals surface area contributed by atoms with Crippen molar-refractivity contribution < 1.29 is 4.74 Å². The molecule has 2 fully saturated rings. The molecule has 1 saturated heterocycles. The third kappa shape index (κ3) is 4.13. The molecule has 2 aromatic rings. The van der Waals surface area contributed by atoms with Crippen LogP contribution in [-0.4, -0.2) is 46.1 Å². The molecule has 0 aromatic carbocycles. The van der Waals surface area contributed by atoms with Gasteiger partial charge in [0.05, 0.1) is 17.9 Å². The molecule has 4 rings (SSSR count). The van der Waals surface area contributed by atoms with E-state index in [4.69, 9.17) is 15.5 Å². The van der Waals surface area contributed by atoms with Gasteiger partial charge in [0.2, 0.25) is 5.95 Å². The van der Waals surface area contributed by atoms with Crippen molar-refractivity contribution >= 4 is 17.5 Å². The van der Waals surface area contributed by atoms with Gasteiger partial charge in [0, 0.05) is 37.7 Å². The number of anilines is 3. The summed E-state index contributed by atoms with van der Waals surface area (Å²) in [6.45, 7) is 3.11. The topological polar surface area (TPSA) is 103 Å². The number of ether oxygens (including phenoxy) is 1. The molecule has 0 bridgehead atoms. The fourth-order valence-corrected chi connectivity index (χ4v) is 3.28. The first kappa shape index (κ1) is 17.2. The van der Waals surface area contributed by atoms with Crippen LogP contribution in [0.5, 0.6) is 0 Å². The van der Waals surface area contributed by atoms with Gasteiger partial charge in [-0.15, -0.1) is 0 Å². The second-order valence-corrected chi connectivity index (χ2v) is 7.02. The molecule has 0 radical (unpaired) electrons. The lowest BCUT2D eigenvalue weighted by Crippen LogP contribution is -2.19. The Labute approximate surface area is 153 Å². The number of nitrogens with two attached hydrogens (primary N) is 1. The highest BCUT2D eigenvalue weighted by molar-refractivity contribution is 5.55. The highest BCUT2D eigenvalue weighted by atomic mass is 16.5. The van der Waals surface area contributed by atoms with Crippen LogP contribution in [0.15, 0.2) is 18.6 Å². The molecule has 26 heavy (non-hydrogen) atoms. The molecule has 1 aliphatic carbocycles. The molecule has 1 saturated carbocycles. The number of nitrogens with one attached hydrogen (secondary N) is 2. The Hall–Kier alpha value is -2.19. The molecule has 8 nitrogen and oxygen atoms in total. The number of hydrogen-bond acceptors (Lipinski definition) is 7. The summed E-state index contributed by atoms with van der Waals surface area (Å²) in [4.78, 5) is 9.19.